The molecule has 22 heavy (non-hydrogen) atoms. The molecule has 0 N–H and O–H groups in total. The molecule has 128 valence electrons. The van der Waals surface area contributed by atoms with Crippen LogP contribution in [0.25, 0.3) is 0 Å². The summed E-state index contributed by atoms with van der Waals surface area (Å²) in [6, 6.07) is 2.10. The Balaban J connectivity index is 3.09. The van der Waals surface area contributed by atoms with E-state index in [1.807, 2.05) is 14.0 Å². The Labute approximate surface area is 141 Å². The van der Waals surface area contributed by atoms with Gasteiger partial charge >= 0.3 is 141 Å². The van der Waals surface area contributed by atoms with Crippen LogP contribution in [-0.4, -0.2) is 30.6 Å². The minimum absolute atomic E-state index is 0.236. The van der Waals surface area contributed by atoms with Gasteiger partial charge in [0.15, 0.2) is 0 Å². The van der Waals surface area contributed by atoms with E-state index in [0.29, 0.717) is 0 Å². The number of hydrogen-bond acceptors (Lipinski definition) is 3. The quantitative estimate of drug-likeness (QED) is 0.389. The Morgan fingerprint density at radius 1 is 1.05 bits per heavy atom. The molecule has 1 aromatic rings. The first-order chi connectivity index (χ1) is 10.6. The molecule has 0 fully saturated rings. The first-order valence-electron chi connectivity index (χ1n) is 9.09. The fourth-order valence-electron chi connectivity index (χ4n) is 3.53. The van der Waals surface area contributed by atoms with Gasteiger partial charge in [-0.25, -0.2) is 0 Å². The summed E-state index contributed by atoms with van der Waals surface area (Å²) >= 11 is -2.47. The van der Waals surface area contributed by atoms with Crippen molar-refractivity contribution in [3.63, 3.8) is 0 Å². The molecule has 0 aliphatic rings. The normalized spacial score (nSPS) is 13.5. The van der Waals surface area contributed by atoms with Gasteiger partial charge < -0.3 is 0 Å². The fraction of sp³-hybridized carbons (Fsp3) is 0.833. The third-order valence-corrected chi connectivity index (χ3v) is 21.0. The zero-order valence-corrected chi connectivity index (χ0v) is 18.1. The fourth-order valence-corrected chi connectivity index (χ4v) is 20.5. The number of methoxy groups -OCH3 is 1. The maximum atomic E-state index is 6.07. The Bertz CT molecular complexity index is 384. The molecule has 0 aliphatic heterocycles. The minimum atomic E-state index is -2.47. The number of aryl methyl sites for hydroxylation is 1. The van der Waals surface area contributed by atoms with Crippen molar-refractivity contribution in [1.29, 1.82) is 0 Å². The van der Waals surface area contributed by atoms with Crippen LogP contribution >= 0.6 is 0 Å². The van der Waals surface area contributed by atoms with E-state index in [9.17, 15) is 0 Å². The number of unbranched alkanes of at least 4 members (excludes halogenated alkanes) is 3. The summed E-state index contributed by atoms with van der Waals surface area (Å²) in [5, 5.41) is 4.12. The molecular formula is C18H35NO2Sn. The number of aromatic nitrogens is 1. The summed E-state index contributed by atoms with van der Waals surface area (Å²) in [4.78, 5) is 0. The van der Waals surface area contributed by atoms with E-state index in [1.165, 1.54) is 51.8 Å². The molecule has 3 nitrogen and oxygen atoms in total. The van der Waals surface area contributed by atoms with Crippen LogP contribution in [-0.2, 0) is 4.74 Å². The van der Waals surface area contributed by atoms with Crippen LogP contribution in [0.5, 0.6) is 0 Å². The summed E-state index contributed by atoms with van der Waals surface area (Å²) in [5.41, 5.74) is 0.971. The van der Waals surface area contributed by atoms with Crippen LogP contribution in [0.4, 0.5) is 0 Å². The first kappa shape index (κ1) is 20.0. The number of rotatable bonds is 12. The van der Waals surface area contributed by atoms with Gasteiger partial charge in [0.2, 0.25) is 0 Å². The van der Waals surface area contributed by atoms with E-state index >= 15 is 0 Å². The Hall–Kier alpha value is -0.0313. The van der Waals surface area contributed by atoms with Gasteiger partial charge in [0.05, 0.1) is 0 Å². The SMILES string of the molecule is CCC[CH2][Sn]([CH2]CCC)([CH2]CCC)[CH](OC)c1cc(C)no1. The molecular weight excluding hydrogens is 381 g/mol. The monoisotopic (exact) mass is 417 g/mol. The summed E-state index contributed by atoms with van der Waals surface area (Å²) in [7, 11) is 1.87. The second-order valence-electron chi connectivity index (χ2n) is 6.66. The average molecular weight is 416 g/mol. The molecule has 1 heterocycles. The van der Waals surface area contributed by atoms with Crippen LogP contribution in [0.15, 0.2) is 10.6 Å². The van der Waals surface area contributed by atoms with E-state index in [4.69, 9.17) is 9.26 Å². The van der Waals surface area contributed by atoms with Gasteiger partial charge in [-0.15, -0.1) is 0 Å². The molecule has 0 bridgehead atoms. The predicted octanol–water partition coefficient (Wildman–Crippen LogP) is 6.06. The Kier molecular flexibility index (Phi) is 9.72. The Morgan fingerprint density at radius 2 is 1.55 bits per heavy atom. The predicted molar refractivity (Wildman–Crippen MR) is 95.9 cm³/mol. The molecule has 0 aliphatic carbocycles. The van der Waals surface area contributed by atoms with Crippen molar-refractivity contribution < 1.29 is 9.26 Å². The molecule has 1 aromatic heterocycles. The average Bonchev–Trinajstić information content (AvgIpc) is 2.95. The molecule has 1 atom stereocenters. The maximum absolute atomic E-state index is 6.07. The summed E-state index contributed by atoms with van der Waals surface area (Å²) in [6.45, 7) is 8.91. The first-order valence-corrected chi connectivity index (χ1v) is 16.8. The number of ether oxygens (including phenoxy) is 1. The van der Waals surface area contributed by atoms with Gasteiger partial charge in [-0.2, -0.15) is 0 Å². The molecule has 1 unspecified atom stereocenters. The zero-order valence-electron chi connectivity index (χ0n) is 15.3. The van der Waals surface area contributed by atoms with Crippen molar-refractivity contribution in [2.75, 3.05) is 7.11 Å². The van der Waals surface area contributed by atoms with Gasteiger partial charge in [0, 0.05) is 0 Å². The third-order valence-electron chi connectivity index (χ3n) is 4.78. The van der Waals surface area contributed by atoms with E-state index in [-0.39, 0.29) is 4.12 Å². The van der Waals surface area contributed by atoms with Crippen molar-refractivity contribution in [1.82, 2.24) is 5.16 Å². The summed E-state index contributed by atoms with van der Waals surface area (Å²) in [5.74, 6) is 0.999. The molecule has 0 saturated carbocycles. The van der Waals surface area contributed by atoms with Crippen LogP contribution in [0.2, 0.25) is 13.3 Å². The molecule has 0 aromatic carbocycles. The zero-order chi connectivity index (χ0) is 16.4. The Morgan fingerprint density at radius 3 is 1.86 bits per heavy atom. The molecule has 0 radical (unpaired) electrons. The van der Waals surface area contributed by atoms with Gasteiger partial charge in [0.25, 0.3) is 0 Å². The second kappa shape index (κ2) is 10.7. The van der Waals surface area contributed by atoms with E-state index in [0.717, 1.165) is 11.5 Å². The van der Waals surface area contributed by atoms with Crippen molar-refractivity contribution >= 4 is 18.4 Å². The van der Waals surface area contributed by atoms with Gasteiger partial charge in [-0.1, -0.05) is 0 Å². The molecule has 1 rings (SSSR count). The van der Waals surface area contributed by atoms with Gasteiger partial charge in [0.1, 0.15) is 0 Å². The molecule has 4 heteroatoms. The number of hydrogen-bond donors (Lipinski definition) is 0. The molecule has 0 amide bonds. The van der Waals surface area contributed by atoms with Crippen LogP contribution in [0.1, 0.15) is 74.9 Å². The van der Waals surface area contributed by atoms with E-state index in [1.54, 1.807) is 0 Å². The van der Waals surface area contributed by atoms with Crippen LogP contribution in [0, 0.1) is 6.92 Å². The van der Waals surface area contributed by atoms with E-state index in [2.05, 4.69) is 32.0 Å². The molecule has 0 saturated heterocycles. The van der Waals surface area contributed by atoms with Crippen LogP contribution < -0.4 is 0 Å². The van der Waals surface area contributed by atoms with Crippen molar-refractivity contribution in [3.05, 3.63) is 17.5 Å². The topological polar surface area (TPSA) is 35.3 Å². The second-order valence-corrected chi connectivity index (χ2v) is 20.2. The standard InChI is InChI=1S/C6H8NO2.3C4H9.Sn/c1-5-3-6(4-8-2)9-7-5;3*1-3-4-2;/h3-4H,1-2H3;3*1,3-4H2,2H3;. The summed E-state index contributed by atoms with van der Waals surface area (Å²) < 4.78 is 16.2. The molecule has 0 spiro atoms. The van der Waals surface area contributed by atoms with Gasteiger partial charge in [-0.05, 0) is 0 Å². The van der Waals surface area contributed by atoms with Crippen LogP contribution in [0.3, 0.4) is 0 Å². The van der Waals surface area contributed by atoms with Crippen molar-refractivity contribution in [2.45, 2.75) is 83.6 Å². The third kappa shape index (κ3) is 5.55. The van der Waals surface area contributed by atoms with Gasteiger partial charge in [-0.3, -0.25) is 0 Å². The van der Waals surface area contributed by atoms with E-state index < -0.39 is 18.4 Å². The number of nitrogens with zero attached hydrogens (tertiary/aromatic N) is 1. The van der Waals surface area contributed by atoms with Crippen molar-refractivity contribution in [3.8, 4) is 0 Å². The summed E-state index contributed by atoms with van der Waals surface area (Å²) in [6.07, 6.45) is 7.87. The van der Waals surface area contributed by atoms with Crippen molar-refractivity contribution in [2.24, 2.45) is 0 Å².